The van der Waals surface area contributed by atoms with Crippen LogP contribution in [0.1, 0.15) is 33.4 Å². The molecule has 0 atom stereocenters. The molecule has 138 valence electrons. The van der Waals surface area contributed by atoms with Crippen molar-refractivity contribution in [3.63, 3.8) is 0 Å². The number of ether oxygens (including phenoxy) is 2. The topological polar surface area (TPSA) is 81.5 Å². The highest BCUT2D eigenvalue weighted by molar-refractivity contribution is 6.34. The molecule has 0 fully saturated rings. The van der Waals surface area contributed by atoms with Crippen molar-refractivity contribution in [2.24, 2.45) is 0 Å². The fraction of sp³-hybridized carbons (Fsp3) is 0.389. The van der Waals surface area contributed by atoms with Crippen molar-refractivity contribution in [1.29, 1.82) is 0 Å². The first-order chi connectivity index (χ1) is 12.3. The van der Waals surface area contributed by atoms with E-state index in [9.17, 15) is 4.79 Å². The Hall–Kier alpha value is -2.54. The van der Waals surface area contributed by atoms with Crippen molar-refractivity contribution in [1.82, 2.24) is 19.8 Å². The number of benzene rings is 1. The molecule has 3 aromatic rings. The summed E-state index contributed by atoms with van der Waals surface area (Å²) in [6.07, 6.45) is 0. The van der Waals surface area contributed by atoms with Crippen molar-refractivity contribution in [3.05, 3.63) is 35.0 Å². The number of hydrogen-bond acceptors (Lipinski definition) is 5. The van der Waals surface area contributed by atoms with Gasteiger partial charge in [0.25, 0.3) is 0 Å². The molecule has 7 nitrogen and oxygen atoms in total. The monoisotopic (exact) mass is 376 g/mol. The molecule has 0 spiro atoms. The minimum atomic E-state index is -0.321. The molecular weight excluding hydrogens is 356 g/mol. The number of carbonyl (C=O) groups is 1. The summed E-state index contributed by atoms with van der Waals surface area (Å²) in [5.74, 6) is 0.933. The van der Waals surface area contributed by atoms with Crippen LogP contribution < -0.4 is 4.74 Å². The van der Waals surface area contributed by atoms with E-state index in [-0.39, 0.29) is 18.0 Å². The largest absolute Gasteiger partial charge is 0.490 e. The molecular formula is C18H21ClN4O3. The lowest BCUT2D eigenvalue weighted by molar-refractivity contribution is -0.141. The van der Waals surface area contributed by atoms with Crippen LogP contribution in [-0.2, 0) is 14.9 Å². The number of H-pyrrole nitrogens is 1. The van der Waals surface area contributed by atoms with E-state index in [1.54, 1.807) is 4.63 Å². The third-order valence-corrected chi connectivity index (χ3v) is 4.12. The van der Waals surface area contributed by atoms with Crippen LogP contribution in [0.25, 0.3) is 17.0 Å². The van der Waals surface area contributed by atoms with Gasteiger partial charge >= 0.3 is 5.97 Å². The number of halogens is 1. The molecule has 0 radical (unpaired) electrons. The number of rotatable bonds is 5. The first kappa shape index (κ1) is 18.3. The maximum atomic E-state index is 10.7. The van der Waals surface area contributed by atoms with Crippen LogP contribution in [0.2, 0.25) is 5.02 Å². The van der Waals surface area contributed by atoms with Gasteiger partial charge in [-0.05, 0) is 24.3 Å². The average molecular weight is 377 g/mol. The number of nitrogens with one attached hydrogen (secondary N) is 1. The van der Waals surface area contributed by atoms with E-state index in [4.69, 9.17) is 21.1 Å². The van der Waals surface area contributed by atoms with E-state index in [1.165, 1.54) is 6.92 Å². The summed E-state index contributed by atoms with van der Waals surface area (Å²) in [6.45, 7) is 8.11. The van der Waals surface area contributed by atoms with Crippen LogP contribution in [0.15, 0.2) is 24.3 Å². The lowest BCUT2D eigenvalue weighted by Crippen LogP contribution is -2.12. The van der Waals surface area contributed by atoms with Crippen LogP contribution in [0.3, 0.4) is 0 Å². The Morgan fingerprint density at radius 3 is 2.50 bits per heavy atom. The van der Waals surface area contributed by atoms with E-state index >= 15 is 0 Å². The van der Waals surface area contributed by atoms with E-state index in [0.717, 1.165) is 11.3 Å². The predicted octanol–water partition coefficient (Wildman–Crippen LogP) is 3.62. The van der Waals surface area contributed by atoms with Gasteiger partial charge in [-0.15, -0.1) is 5.10 Å². The lowest BCUT2D eigenvalue weighted by Gasteiger charge is -2.16. The van der Waals surface area contributed by atoms with Gasteiger partial charge < -0.3 is 9.47 Å². The minimum Gasteiger partial charge on any atom is -0.490 e. The molecule has 26 heavy (non-hydrogen) atoms. The van der Waals surface area contributed by atoms with E-state index in [0.29, 0.717) is 28.9 Å². The normalized spacial score (nSPS) is 11.7. The zero-order valence-electron chi connectivity index (χ0n) is 15.2. The van der Waals surface area contributed by atoms with Crippen molar-refractivity contribution in [3.8, 4) is 17.1 Å². The Bertz CT molecular complexity index is 922. The van der Waals surface area contributed by atoms with Crippen LogP contribution in [0.5, 0.6) is 5.75 Å². The number of aromatic nitrogens is 4. The van der Waals surface area contributed by atoms with Gasteiger partial charge in [0, 0.05) is 17.9 Å². The molecule has 0 aliphatic carbocycles. The Balaban J connectivity index is 1.74. The molecule has 0 bridgehead atoms. The highest BCUT2D eigenvalue weighted by Crippen LogP contribution is 2.31. The van der Waals surface area contributed by atoms with Gasteiger partial charge in [-0.25, -0.2) is 4.98 Å². The zero-order valence-corrected chi connectivity index (χ0v) is 15.9. The summed E-state index contributed by atoms with van der Waals surface area (Å²) >= 11 is 6.45. The third-order valence-electron chi connectivity index (χ3n) is 3.76. The third kappa shape index (κ3) is 3.83. The first-order valence-electron chi connectivity index (χ1n) is 8.27. The predicted molar refractivity (Wildman–Crippen MR) is 98.6 cm³/mol. The minimum absolute atomic E-state index is 0.120. The Kier molecular flexibility index (Phi) is 4.91. The van der Waals surface area contributed by atoms with Crippen molar-refractivity contribution < 1.29 is 14.3 Å². The van der Waals surface area contributed by atoms with Gasteiger partial charge in [0.1, 0.15) is 24.0 Å². The van der Waals surface area contributed by atoms with Crippen molar-refractivity contribution >= 4 is 23.2 Å². The smallest absolute Gasteiger partial charge is 0.302 e. The summed E-state index contributed by atoms with van der Waals surface area (Å²) in [7, 11) is 0. The molecule has 0 amide bonds. The van der Waals surface area contributed by atoms with E-state index in [1.807, 2.05) is 24.3 Å². The highest BCUT2D eigenvalue weighted by Gasteiger charge is 2.24. The number of fused-ring (bicyclic) bond motifs is 1. The fourth-order valence-corrected chi connectivity index (χ4v) is 2.91. The van der Waals surface area contributed by atoms with Crippen molar-refractivity contribution in [2.45, 2.75) is 33.1 Å². The molecule has 3 rings (SSSR count). The second-order valence-electron chi connectivity index (χ2n) is 6.93. The Morgan fingerprint density at radius 2 is 1.92 bits per heavy atom. The summed E-state index contributed by atoms with van der Waals surface area (Å²) in [6, 6.07) is 7.38. The first-order valence-corrected chi connectivity index (χ1v) is 8.65. The number of esters is 1. The fourth-order valence-electron chi connectivity index (χ4n) is 2.46. The number of nitrogens with zero attached hydrogens (tertiary/aromatic N) is 3. The maximum Gasteiger partial charge on any atom is 0.302 e. The lowest BCUT2D eigenvalue weighted by atomic mass is 9.92. The summed E-state index contributed by atoms with van der Waals surface area (Å²) in [4.78, 5) is 15.2. The second-order valence-corrected chi connectivity index (χ2v) is 7.31. The van der Waals surface area contributed by atoms with Gasteiger partial charge in [0.15, 0.2) is 11.5 Å². The molecule has 0 unspecified atom stereocenters. The van der Waals surface area contributed by atoms with Crippen LogP contribution in [0, 0.1) is 0 Å². The summed E-state index contributed by atoms with van der Waals surface area (Å²) in [5, 5.41) is 8.25. The van der Waals surface area contributed by atoms with Gasteiger partial charge in [0.2, 0.25) is 0 Å². The standard InChI is InChI=1S/C18H21ClN4O3/c1-11(24)25-9-10-26-13-7-5-12(6-8-13)16-20-17-14(19)15(18(2,3)4)21-23(17)22-16/h5-8,21H,9-10H2,1-4H3. The van der Waals surface area contributed by atoms with Gasteiger partial charge in [-0.1, -0.05) is 32.4 Å². The molecule has 2 heterocycles. The van der Waals surface area contributed by atoms with Gasteiger partial charge in [-0.3, -0.25) is 9.89 Å². The number of carbonyl (C=O) groups excluding carboxylic acids is 1. The Morgan fingerprint density at radius 1 is 1.23 bits per heavy atom. The average Bonchev–Trinajstić information content (AvgIpc) is 3.11. The van der Waals surface area contributed by atoms with Crippen molar-refractivity contribution in [2.75, 3.05) is 13.2 Å². The summed E-state index contributed by atoms with van der Waals surface area (Å²) in [5.41, 5.74) is 2.23. The molecule has 8 heteroatoms. The highest BCUT2D eigenvalue weighted by atomic mass is 35.5. The van der Waals surface area contributed by atoms with Crippen LogP contribution >= 0.6 is 11.6 Å². The Labute approximate surface area is 156 Å². The van der Waals surface area contributed by atoms with Crippen LogP contribution in [0.4, 0.5) is 0 Å². The number of aromatic amines is 1. The molecule has 0 saturated carbocycles. The summed E-state index contributed by atoms with van der Waals surface area (Å²) < 4.78 is 11.9. The van der Waals surface area contributed by atoms with Gasteiger partial charge in [-0.2, -0.15) is 4.63 Å². The number of hydrogen-bond donors (Lipinski definition) is 1. The second kappa shape index (κ2) is 6.99. The molecule has 1 aromatic carbocycles. The molecule has 1 N–H and O–H groups in total. The van der Waals surface area contributed by atoms with E-state index < -0.39 is 0 Å². The molecule has 0 aliphatic rings. The quantitative estimate of drug-likeness (QED) is 0.543. The molecule has 0 saturated heterocycles. The SMILES string of the molecule is CC(=O)OCCOc1ccc(-c2nc3c(Cl)c(C(C)(C)C)[nH]n3n2)cc1. The molecule has 0 aliphatic heterocycles. The molecule has 2 aromatic heterocycles. The van der Waals surface area contributed by atoms with Gasteiger partial charge in [0.05, 0.1) is 5.69 Å². The zero-order chi connectivity index (χ0) is 18.9. The maximum absolute atomic E-state index is 10.7. The van der Waals surface area contributed by atoms with E-state index in [2.05, 4.69) is 36.0 Å². The van der Waals surface area contributed by atoms with Crippen LogP contribution in [-0.4, -0.2) is 39.0 Å².